The molecular weight excluding hydrogens is 262 g/mol. The molecule has 2 aliphatic carbocycles. The number of carbonyl (C=O) groups is 1. The number of aliphatic carboxylic acids is 1. The Labute approximate surface area is 129 Å². The summed E-state index contributed by atoms with van der Waals surface area (Å²) in [5, 5.41) is 13.4. The predicted octanol–water partition coefficient (Wildman–Crippen LogP) is 4.07. The van der Waals surface area contributed by atoms with Crippen LogP contribution in [0.2, 0.25) is 0 Å². The molecule has 2 rings (SSSR count). The molecule has 21 heavy (non-hydrogen) atoms. The van der Waals surface area contributed by atoms with E-state index in [1.807, 2.05) is 0 Å². The van der Waals surface area contributed by atoms with E-state index in [1.165, 1.54) is 32.1 Å². The minimum absolute atomic E-state index is 0.127. The van der Waals surface area contributed by atoms with Crippen molar-refractivity contribution < 1.29 is 9.90 Å². The van der Waals surface area contributed by atoms with Crippen LogP contribution in [0.1, 0.15) is 72.6 Å². The SMILES string of the molecule is CCC1CCCCC1NC1CCC(C(=O)O)C(C)(C)C1C. The van der Waals surface area contributed by atoms with Crippen molar-refractivity contribution >= 4 is 5.97 Å². The molecule has 2 fully saturated rings. The first-order valence-electron chi connectivity index (χ1n) is 8.86. The van der Waals surface area contributed by atoms with Crippen LogP contribution in [0, 0.1) is 23.2 Å². The maximum Gasteiger partial charge on any atom is 0.307 e. The first-order valence-corrected chi connectivity index (χ1v) is 8.86. The fourth-order valence-electron chi connectivity index (χ4n) is 4.66. The van der Waals surface area contributed by atoms with Crippen molar-refractivity contribution in [1.82, 2.24) is 5.32 Å². The lowest BCUT2D eigenvalue weighted by Crippen LogP contribution is -2.55. The summed E-state index contributed by atoms with van der Waals surface area (Å²) in [6.45, 7) is 8.83. The molecule has 122 valence electrons. The van der Waals surface area contributed by atoms with E-state index in [4.69, 9.17) is 0 Å². The highest BCUT2D eigenvalue weighted by Gasteiger charge is 2.46. The van der Waals surface area contributed by atoms with Gasteiger partial charge in [-0.15, -0.1) is 0 Å². The molecule has 0 radical (unpaired) electrons. The maximum atomic E-state index is 11.5. The highest BCUT2D eigenvalue weighted by molar-refractivity contribution is 5.71. The standard InChI is InChI=1S/C18H33NO2/c1-5-13-8-6-7-9-16(13)19-15-11-10-14(17(20)21)18(3,4)12(15)2/h12-16,19H,5-11H2,1-4H3,(H,20,21). The van der Waals surface area contributed by atoms with Gasteiger partial charge in [0.15, 0.2) is 0 Å². The Morgan fingerprint density at radius 2 is 1.81 bits per heavy atom. The predicted molar refractivity (Wildman–Crippen MR) is 86.3 cm³/mol. The minimum Gasteiger partial charge on any atom is -0.481 e. The second kappa shape index (κ2) is 6.68. The van der Waals surface area contributed by atoms with E-state index >= 15 is 0 Å². The normalized spacial score (nSPS) is 39.9. The number of carboxylic acids is 1. The topological polar surface area (TPSA) is 49.3 Å². The zero-order valence-electron chi connectivity index (χ0n) is 14.2. The lowest BCUT2D eigenvalue weighted by Gasteiger charge is -2.48. The first-order chi connectivity index (χ1) is 9.87. The molecule has 0 aromatic rings. The van der Waals surface area contributed by atoms with Crippen LogP contribution >= 0.6 is 0 Å². The van der Waals surface area contributed by atoms with Crippen LogP contribution < -0.4 is 5.32 Å². The molecule has 0 aromatic heterocycles. The molecule has 2 saturated carbocycles. The third-order valence-electron chi connectivity index (χ3n) is 6.60. The van der Waals surface area contributed by atoms with Crippen molar-refractivity contribution in [3.8, 4) is 0 Å². The van der Waals surface area contributed by atoms with Gasteiger partial charge in [0, 0.05) is 12.1 Å². The van der Waals surface area contributed by atoms with Gasteiger partial charge in [-0.1, -0.05) is 47.0 Å². The smallest absolute Gasteiger partial charge is 0.307 e. The lowest BCUT2D eigenvalue weighted by atomic mass is 9.60. The van der Waals surface area contributed by atoms with E-state index in [0.29, 0.717) is 18.0 Å². The fraction of sp³-hybridized carbons (Fsp3) is 0.944. The van der Waals surface area contributed by atoms with Crippen LogP contribution in [-0.2, 0) is 4.79 Å². The van der Waals surface area contributed by atoms with Gasteiger partial charge in [-0.25, -0.2) is 0 Å². The monoisotopic (exact) mass is 295 g/mol. The van der Waals surface area contributed by atoms with Crippen molar-refractivity contribution in [1.29, 1.82) is 0 Å². The Morgan fingerprint density at radius 3 is 2.43 bits per heavy atom. The Balaban J connectivity index is 2.03. The third-order valence-corrected chi connectivity index (χ3v) is 6.60. The van der Waals surface area contributed by atoms with Gasteiger partial charge in [0.25, 0.3) is 0 Å². The summed E-state index contributed by atoms with van der Waals surface area (Å²) in [4.78, 5) is 11.5. The van der Waals surface area contributed by atoms with Crippen molar-refractivity contribution in [3.05, 3.63) is 0 Å². The molecule has 0 bridgehead atoms. The highest BCUT2D eigenvalue weighted by Crippen LogP contribution is 2.45. The Morgan fingerprint density at radius 1 is 1.14 bits per heavy atom. The summed E-state index contributed by atoms with van der Waals surface area (Å²) in [7, 11) is 0. The summed E-state index contributed by atoms with van der Waals surface area (Å²) in [6.07, 6.45) is 8.46. The van der Waals surface area contributed by atoms with Crippen LogP contribution in [0.25, 0.3) is 0 Å². The van der Waals surface area contributed by atoms with E-state index < -0.39 is 5.97 Å². The number of rotatable bonds is 4. The van der Waals surface area contributed by atoms with Gasteiger partial charge in [0.2, 0.25) is 0 Å². The largest absolute Gasteiger partial charge is 0.481 e. The van der Waals surface area contributed by atoms with Gasteiger partial charge in [-0.05, 0) is 42.9 Å². The lowest BCUT2D eigenvalue weighted by molar-refractivity contribution is -0.150. The zero-order valence-corrected chi connectivity index (χ0v) is 14.2. The van der Waals surface area contributed by atoms with Crippen molar-refractivity contribution in [3.63, 3.8) is 0 Å². The molecule has 0 aliphatic heterocycles. The highest BCUT2D eigenvalue weighted by atomic mass is 16.4. The van der Waals surface area contributed by atoms with Crippen LogP contribution in [0.4, 0.5) is 0 Å². The molecule has 3 heteroatoms. The average molecular weight is 295 g/mol. The van der Waals surface area contributed by atoms with Crippen molar-refractivity contribution in [2.45, 2.75) is 84.7 Å². The third kappa shape index (κ3) is 3.44. The number of hydrogen-bond acceptors (Lipinski definition) is 2. The Kier molecular flexibility index (Phi) is 5.34. The molecule has 0 saturated heterocycles. The molecule has 0 spiro atoms. The van der Waals surface area contributed by atoms with Crippen LogP contribution in [0.3, 0.4) is 0 Å². The van der Waals surface area contributed by atoms with E-state index in [-0.39, 0.29) is 11.3 Å². The van der Waals surface area contributed by atoms with E-state index in [2.05, 4.69) is 33.0 Å². The minimum atomic E-state index is -0.616. The van der Waals surface area contributed by atoms with Gasteiger partial charge in [-0.2, -0.15) is 0 Å². The summed E-state index contributed by atoms with van der Waals surface area (Å²) in [5.74, 6) is 0.409. The molecular formula is C18H33NO2. The molecule has 3 nitrogen and oxygen atoms in total. The molecule has 0 aromatic carbocycles. The van der Waals surface area contributed by atoms with Crippen molar-refractivity contribution in [2.24, 2.45) is 23.2 Å². The van der Waals surface area contributed by atoms with Gasteiger partial charge >= 0.3 is 5.97 Å². The van der Waals surface area contributed by atoms with Gasteiger partial charge < -0.3 is 10.4 Å². The van der Waals surface area contributed by atoms with Crippen LogP contribution in [0.15, 0.2) is 0 Å². The van der Waals surface area contributed by atoms with Gasteiger partial charge in [0.05, 0.1) is 5.92 Å². The molecule has 2 N–H and O–H groups in total. The number of nitrogens with one attached hydrogen (secondary N) is 1. The summed E-state index contributed by atoms with van der Waals surface area (Å²) >= 11 is 0. The summed E-state index contributed by atoms with van der Waals surface area (Å²) in [5.41, 5.74) is -0.127. The fourth-order valence-corrected chi connectivity index (χ4v) is 4.66. The number of hydrogen-bond donors (Lipinski definition) is 2. The second-order valence-corrected chi connectivity index (χ2v) is 7.91. The van der Waals surface area contributed by atoms with Crippen molar-refractivity contribution in [2.75, 3.05) is 0 Å². The molecule has 2 aliphatic rings. The quantitative estimate of drug-likeness (QED) is 0.822. The first kappa shape index (κ1) is 16.8. The maximum absolute atomic E-state index is 11.5. The molecule has 0 amide bonds. The van der Waals surface area contributed by atoms with Crippen LogP contribution in [-0.4, -0.2) is 23.2 Å². The Bertz CT molecular complexity index is 366. The summed E-state index contributed by atoms with van der Waals surface area (Å²) < 4.78 is 0. The van der Waals surface area contributed by atoms with Gasteiger partial charge in [-0.3, -0.25) is 4.79 Å². The van der Waals surface area contributed by atoms with Crippen LogP contribution in [0.5, 0.6) is 0 Å². The summed E-state index contributed by atoms with van der Waals surface area (Å²) in [6, 6.07) is 1.13. The molecule has 0 heterocycles. The van der Waals surface area contributed by atoms with E-state index in [1.54, 1.807) is 0 Å². The molecule has 5 atom stereocenters. The average Bonchev–Trinajstić information content (AvgIpc) is 2.44. The van der Waals surface area contributed by atoms with E-state index in [9.17, 15) is 9.90 Å². The van der Waals surface area contributed by atoms with E-state index in [0.717, 1.165) is 18.8 Å². The Hall–Kier alpha value is -0.570. The second-order valence-electron chi connectivity index (χ2n) is 7.91. The number of carboxylic acid groups (broad SMARTS) is 1. The molecule has 5 unspecified atom stereocenters. The van der Waals surface area contributed by atoms with Gasteiger partial charge in [0.1, 0.15) is 0 Å². The zero-order chi connectivity index (χ0) is 15.6.